The molecule has 0 aliphatic carbocycles. The van der Waals surface area contributed by atoms with E-state index in [9.17, 15) is 44.2 Å². The van der Waals surface area contributed by atoms with Crippen molar-refractivity contribution in [1.82, 2.24) is 0 Å². The molecule has 0 aromatic heterocycles. The maximum absolute atomic E-state index is 11.7. The van der Waals surface area contributed by atoms with Crippen LogP contribution in [0.3, 0.4) is 0 Å². The maximum atomic E-state index is 11.7. The summed E-state index contributed by atoms with van der Waals surface area (Å²) in [4.78, 5) is 1.78. The Hall–Kier alpha value is -0.170. The summed E-state index contributed by atoms with van der Waals surface area (Å²) in [6, 6.07) is 9.09. The number of hydrogen-bond donors (Lipinski definition) is 1. The molecule has 0 radical (unpaired) electrons. The molecule has 2 aromatic carbocycles. The first-order valence-electron chi connectivity index (χ1n) is 15.0. The number of rotatable bonds is 14. The molecule has 0 unspecified atom stereocenters. The molecule has 2 aromatic rings. The first-order valence-corrected chi connectivity index (χ1v) is 20.3. The van der Waals surface area contributed by atoms with Crippen LogP contribution in [-0.4, -0.2) is 73.8 Å². The average Bonchev–Trinajstić information content (AvgIpc) is 3.34. The van der Waals surface area contributed by atoms with Gasteiger partial charge in [-0.15, -0.1) is 0 Å². The van der Waals surface area contributed by atoms with Crippen molar-refractivity contribution in [3.05, 3.63) is 95.3 Å². The van der Waals surface area contributed by atoms with Gasteiger partial charge in [0, 0.05) is 45.9 Å². The molecule has 2 aliphatic heterocycles. The van der Waals surface area contributed by atoms with Gasteiger partial charge in [-0.1, -0.05) is 43.7 Å². The van der Waals surface area contributed by atoms with Crippen LogP contribution in [0.25, 0.3) is 0 Å². The number of fused-ring (bicyclic) bond motifs is 2. The van der Waals surface area contributed by atoms with Crippen molar-refractivity contribution >= 4 is 59.5 Å². The molecule has 1 N–H and O–H groups in total. The number of benzene rings is 2. The minimum absolute atomic E-state index is 0. The van der Waals surface area contributed by atoms with E-state index < -0.39 is 57.6 Å². The van der Waals surface area contributed by atoms with E-state index in [0.29, 0.717) is 27.5 Å². The fourth-order valence-electron chi connectivity index (χ4n) is 6.10. The minimum Gasteiger partial charge on any atom is -0.748 e. The first-order chi connectivity index (χ1) is 23.1. The van der Waals surface area contributed by atoms with E-state index >= 15 is 0 Å². The average molecular weight is 838 g/mol. The van der Waals surface area contributed by atoms with Crippen molar-refractivity contribution in [3.63, 3.8) is 0 Å². The summed E-state index contributed by atoms with van der Waals surface area (Å²) in [6.45, 7) is 9.10. The van der Waals surface area contributed by atoms with Gasteiger partial charge >= 0.3 is 88.7 Å². The van der Waals surface area contributed by atoms with Gasteiger partial charge in [-0.05, 0) is 62.7 Å². The summed E-state index contributed by atoms with van der Waals surface area (Å²) in [5.41, 5.74) is 3.13. The molecular weight excluding hydrogens is 802 g/mol. The molecule has 2 heterocycles. The van der Waals surface area contributed by atoms with Gasteiger partial charge in [0.05, 0.1) is 38.2 Å². The Morgan fingerprint density at radius 3 is 2.17 bits per heavy atom. The molecule has 14 nitrogen and oxygen atoms in total. The van der Waals surface area contributed by atoms with Crippen molar-refractivity contribution in [2.75, 3.05) is 29.5 Å². The van der Waals surface area contributed by atoms with Crippen molar-refractivity contribution < 1.29 is 147 Å². The Morgan fingerprint density at radius 1 is 0.925 bits per heavy atom. The zero-order chi connectivity index (χ0) is 37.3. The predicted molar refractivity (Wildman–Crippen MR) is 183 cm³/mol. The maximum Gasteiger partial charge on any atom is 1.00 e. The Bertz CT molecular complexity index is 2170. The van der Waals surface area contributed by atoms with E-state index in [2.05, 4.69) is 9.37 Å². The van der Waals surface area contributed by atoms with Gasteiger partial charge in [-0.2, -0.15) is 17.3 Å². The van der Waals surface area contributed by atoms with Crippen LogP contribution in [0.1, 0.15) is 45.7 Å². The fraction of sp³-hybridized carbons (Fsp3) is 0.344. The van der Waals surface area contributed by atoms with E-state index in [1.165, 1.54) is 12.1 Å². The first kappa shape index (κ1) is 50.8. The summed E-state index contributed by atoms with van der Waals surface area (Å²) in [7, 11) is -13.6. The van der Waals surface area contributed by atoms with Crippen LogP contribution in [0.15, 0.2) is 93.9 Å². The molecular formula is C32H36N2Na3O12S4+. The van der Waals surface area contributed by atoms with E-state index in [4.69, 9.17) is 0 Å². The Balaban J connectivity index is 0.00000468. The van der Waals surface area contributed by atoms with Crippen LogP contribution in [0.5, 0.6) is 0 Å². The fourth-order valence-corrected chi connectivity index (χ4v) is 7.81. The molecule has 272 valence electrons. The van der Waals surface area contributed by atoms with Crippen LogP contribution in [-0.2, 0) is 50.6 Å². The Labute approximate surface area is 381 Å². The molecule has 0 amide bonds. The molecule has 53 heavy (non-hydrogen) atoms. The third kappa shape index (κ3) is 12.9. The largest absolute Gasteiger partial charge is 1.00 e. The molecule has 21 heteroatoms. The molecule has 2 aliphatic rings. The van der Waals surface area contributed by atoms with Crippen molar-refractivity contribution in [2.45, 2.75) is 55.2 Å². The molecule has 0 saturated heterocycles. The van der Waals surface area contributed by atoms with Crippen LogP contribution in [0, 0.1) is 0 Å². The predicted octanol–water partition coefficient (Wildman–Crippen LogP) is -5.62. The molecule has 0 saturated carbocycles. The van der Waals surface area contributed by atoms with Gasteiger partial charge in [0.25, 0.3) is 10.1 Å². The van der Waals surface area contributed by atoms with Crippen LogP contribution in [0.2, 0.25) is 0 Å². The van der Waals surface area contributed by atoms with Gasteiger partial charge in [-0.3, -0.25) is 9.59 Å². The summed E-state index contributed by atoms with van der Waals surface area (Å²) in [6.07, 6.45) is 10.6. The third-order valence-corrected chi connectivity index (χ3v) is 11.3. The Morgan fingerprint density at radius 2 is 1.58 bits per heavy atom. The summed E-state index contributed by atoms with van der Waals surface area (Å²) < 4.78 is 109. The normalized spacial score (nSPS) is 17.5. The smallest absolute Gasteiger partial charge is 0.748 e. The van der Waals surface area contributed by atoms with Gasteiger partial charge in [-0.25, -0.2) is 16.8 Å². The summed E-state index contributed by atoms with van der Waals surface area (Å²) >= 11 is 0.729. The minimum atomic E-state index is -4.76. The topological polar surface area (TPSA) is 217 Å². The van der Waals surface area contributed by atoms with Crippen molar-refractivity contribution in [3.8, 4) is 0 Å². The van der Waals surface area contributed by atoms with E-state index in [1.54, 1.807) is 65.8 Å². The molecule has 4 rings (SSSR count). The zero-order valence-electron chi connectivity index (χ0n) is 30.7. The van der Waals surface area contributed by atoms with Crippen molar-refractivity contribution in [1.29, 1.82) is 0 Å². The number of nitrogens with zero attached hydrogens (tertiary/aromatic N) is 2. The molecule has 0 bridgehead atoms. The molecule has 0 atom stereocenters. The van der Waals surface area contributed by atoms with E-state index in [1.807, 2.05) is 32.9 Å². The second kappa shape index (κ2) is 20.0. The quantitative estimate of drug-likeness (QED) is 0.0357. The number of hydrogen-bond acceptors (Lipinski definition) is 13. The van der Waals surface area contributed by atoms with Gasteiger partial charge < -0.3 is 19.3 Å². The third-order valence-electron chi connectivity index (χ3n) is 8.54. The number of allylic oxidation sites excluding steroid dienone is 8. The van der Waals surface area contributed by atoms with Crippen LogP contribution >= 0.6 is 12.0 Å². The molecule has 0 spiro atoms. The second-order valence-electron chi connectivity index (χ2n) is 12.7. The van der Waals surface area contributed by atoms with E-state index in [-0.39, 0.29) is 102 Å². The van der Waals surface area contributed by atoms with Gasteiger partial charge in [0.2, 0.25) is 5.69 Å². The summed E-state index contributed by atoms with van der Waals surface area (Å²) in [5, 5.41) is 13.8. The monoisotopic (exact) mass is 837 g/mol. The number of anilines is 1. The van der Waals surface area contributed by atoms with Gasteiger partial charge in [0.15, 0.2) is 12.3 Å². The van der Waals surface area contributed by atoms with Crippen LogP contribution < -0.4 is 98.8 Å². The van der Waals surface area contributed by atoms with E-state index in [0.717, 1.165) is 35.0 Å². The SMILES string of the molecule is CC(C=C/C=C1/N(CCS(=O)(=O)[O-])c2ccc(S(=O)(=O)[O-])cc2C1(C)C)=CC=CC1=[N+](CCS(=O)(=O)O)c2ccc(SOO[O-])cc2C1(C)C.[Na+].[Na+].[Na+]. The second-order valence-corrected chi connectivity index (χ2v) is 17.9. The zero-order valence-corrected chi connectivity index (χ0v) is 40.0. The van der Waals surface area contributed by atoms with Crippen LogP contribution in [0.4, 0.5) is 11.4 Å². The summed E-state index contributed by atoms with van der Waals surface area (Å²) in [5.74, 6) is -1.21. The standard InChI is InChI=1S/C32H38N2O12S4.3Na/c1-22(8-6-10-29-31(2,3)25-20-23(47-46-45-35)12-14-27(25)33(29)16-18-48(36,37)38)9-7-11-30-32(4,5)26-21-24(50(42,43)44)13-15-28(26)34(30)17-19-49(39,40)41;;;/h6-15,20-21H,16-19H2,1-5H3,(H3-,35,36,37,38,39,40,41,42,43,44);;;/q;3*+1/p-2. The Kier molecular flexibility index (Phi) is 19.2. The van der Waals surface area contributed by atoms with Crippen molar-refractivity contribution in [2.24, 2.45) is 0 Å². The molecule has 0 fully saturated rings. The van der Waals surface area contributed by atoms with Gasteiger partial charge in [0.1, 0.15) is 15.9 Å².